The van der Waals surface area contributed by atoms with Crippen molar-refractivity contribution in [2.45, 2.75) is 45.1 Å². The van der Waals surface area contributed by atoms with Crippen LogP contribution in [0, 0.1) is 0 Å². The molecule has 1 saturated heterocycles. The van der Waals surface area contributed by atoms with Crippen molar-refractivity contribution in [1.82, 2.24) is 4.90 Å². The molecule has 0 aliphatic carbocycles. The molecule has 1 heterocycles. The van der Waals surface area contributed by atoms with Crippen molar-refractivity contribution in [1.29, 1.82) is 0 Å². The number of benzene rings is 1. The van der Waals surface area contributed by atoms with Gasteiger partial charge >= 0.3 is 6.03 Å². The van der Waals surface area contributed by atoms with Gasteiger partial charge < -0.3 is 20.1 Å². The summed E-state index contributed by atoms with van der Waals surface area (Å²) in [7, 11) is 0. The van der Waals surface area contributed by atoms with Gasteiger partial charge in [0.15, 0.2) is 0 Å². The topological polar surface area (TPSA) is 61.8 Å². The molecule has 0 bridgehead atoms. The van der Waals surface area contributed by atoms with Crippen LogP contribution in [0.1, 0.15) is 39.0 Å². The van der Waals surface area contributed by atoms with Gasteiger partial charge in [-0.05, 0) is 50.3 Å². The summed E-state index contributed by atoms with van der Waals surface area (Å²) in [4.78, 5) is 14.4. The predicted octanol–water partition coefficient (Wildman–Crippen LogP) is 3.90. The highest BCUT2D eigenvalue weighted by atomic mass is 35.5. The van der Waals surface area contributed by atoms with Gasteiger partial charge in [0.1, 0.15) is 5.75 Å². The summed E-state index contributed by atoms with van der Waals surface area (Å²) < 4.78 is 5.67. The molecule has 128 valence electrons. The lowest BCUT2D eigenvalue weighted by molar-refractivity contribution is 0.141. The second-order valence-corrected chi connectivity index (χ2v) is 6.21. The van der Waals surface area contributed by atoms with Crippen LogP contribution in [0.2, 0.25) is 5.02 Å². The van der Waals surface area contributed by atoms with E-state index in [0.29, 0.717) is 36.0 Å². The van der Waals surface area contributed by atoms with Gasteiger partial charge in [0.2, 0.25) is 0 Å². The number of hydrogen-bond donors (Lipinski definition) is 2. The third-order valence-electron chi connectivity index (χ3n) is 4.00. The average Bonchev–Trinajstić information content (AvgIpc) is 2.55. The second-order valence-electron chi connectivity index (χ2n) is 5.77. The molecule has 2 rings (SSSR count). The number of piperidine rings is 1. The molecule has 1 aromatic rings. The summed E-state index contributed by atoms with van der Waals surface area (Å²) >= 11 is 6.04. The van der Waals surface area contributed by atoms with E-state index in [4.69, 9.17) is 16.3 Å². The number of carbonyl (C=O) groups excluding carboxylic acids is 1. The molecule has 0 saturated carbocycles. The number of nitrogens with one attached hydrogen (secondary N) is 1. The third-order valence-corrected chi connectivity index (χ3v) is 4.23. The van der Waals surface area contributed by atoms with E-state index in [9.17, 15) is 9.90 Å². The molecule has 23 heavy (non-hydrogen) atoms. The Morgan fingerprint density at radius 1 is 1.48 bits per heavy atom. The minimum Gasteiger partial charge on any atom is -0.491 e. The van der Waals surface area contributed by atoms with Crippen molar-refractivity contribution in [3.05, 3.63) is 23.2 Å². The molecular weight excluding hydrogens is 316 g/mol. The van der Waals surface area contributed by atoms with Crippen molar-refractivity contribution in [3.8, 4) is 5.75 Å². The first kappa shape index (κ1) is 17.9. The molecule has 1 atom stereocenters. The van der Waals surface area contributed by atoms with E-state index in [-0.39, 0.29) is 18.7 Å². The largest absolute Gasteiger partial charge is 0.491 e. The summed E-state index contributed by atoms with van der Waals surface area (Å²) in [6.45, 7) is 3.42. The van der Waals surface area contributed by atoms with Gasteiger partial charge in [0, 0.05) is 24.2 Å². The SMILES string of the molecule is CCCOc1ccc(Cl)cc1NC(=O)N1CCCCC1CCO. The number of hydrogen-bond acceptors (Lipinski definition) is 3. The van der Waals surface area contributed by atoms with Crippen molar-refractivity contribution in [2.24, 2.45) is 0 Å². The lowest BCUT2D eigenvalue weighted by Gasteiger charge is -2.35. The monoisotopic (exact) mass is 340 g/mol. The second kappa shape index (κ2) is 8.99. The van der Waals surface area contributed by atoms with Crippen LogP contribution >= 0.6 is 11.6 Å². The molecule has 2 amide bonds. The van der Waals surface area contributed by atoms with Crippen molar-refractivity contribution in [3.63, 3.8) is 0 Å². The number of anilines is 1. The lowest BCUT2D eigenvalue weighted by Crippen LogP contribution is -2.46. The minimum absolute atomic E-state index is 0.0907. The third kappa shape index (κ3) is 5.01. The Labute approximate surface area is 142 Å². The number of rotatable bonds is 6. The van der Waals surface area contributed by atoms with Gasteiger partial charge in [0.05, 0.1) is 12.3 Å². The zero-order valence-corrected chi connectivity index (χ0v) is 14.3. The zero-order valence-electron chi connectivity index (χ0n) is 13.6. The maximum atomic E-state index is 12.6. The Morgan fingerprint density at radius 3 is 3.04 bits per heavy atom. The number of amides is 2. The van der Waals surface area contributed by atoms with E-state index in [1.54, 1.807) is 18.2 Å². The fourth-order valence-electron chi connectivity index (χ4n) is 2.84. The number of nitrogens with zero attached hydrogens (tertiary/aromatic N) is 1. The fourth-order valence-corrected chi connectivity index (χ4v) is 3.01. The smallest absolute Gasteiger partial charge is 0.322 e. The lowest BCUT2D eigenvalue weighted by atomic mass is 10.0. The summed E-state index contributed by atoms with van der Waals surface area (Å²) in [5.74, 6) is 0.625. The van der Waals surface area contributed by atoms with E-state index < -0.39 is 0 Å². The molecule has 0 spiro atoms. The van der Waals surface area contributed by atoms with Crippen molar-refractivity contribution < 1.29 is 14.6 Å². The standard InChI is InChI=1S/C17H25ClN2O3/c1-2-11-23-16-7-6-13(18)12-15(16)19-17(22)20-9-4-3-5-14(20)8-10-21/h6-7,12,14,21H,2-5,8-11H2,1H3,(H,19,22). The highest BCUT2D eigenvalue weighted by Crippen LogP contribution is 2.29. The van der Waals surface area contributed by atoms with E-state index in [1.165, 1.54) is 0 Å². The van der Waals surface area contributed by atoms with Crippen LogP contribution in [0.4, 0.5) is 10.5 Å². The normalized spacial score (nSPS) is 17.9. The Balaban J connectivity index is 2.10. The van der Waals surface area contributed by atoms with E-state index in [1.807, 2.05) is 11.8 Å². The quantitative estimate of drug-likeness (QED) is 0.825. The minimum atomic E-state index is -0.160. The number of carbonyl (C=O) groups is 1. The molecule has 1 aromatic carbocycles. The molecular formula is C17H25ClN2O3. The zero-order chi connectivity index (χ0) is 16.7. The van der Waals surface area contributed by atoms with Gasteiger partial charge in [0.25, 0.3) is 0 Å². The highest BCUT2D eigenvalue weighted by Gasteiger charge is 2.26. The predicted molar refractivity (Wildman–Crippen MR) is 92.3 cm³/mol. The summed E-state index contributed by atoms with van der Waals surface area (Å²) in [6.07, 6.45) is 4.52. The number of ether oxygens (including phenoxy) is 1. The van der Waals surface area contributed by atoms with E-state index in [2.05, 4.69) is 5.32 Å². The van der Waals surface area contributed by atoms with Crippen LogP contribution in [0.15, 0.2) is 18.2 Å². The molecule has 5 nitrogen and oxygen atoms in total. The van der Waals surface area contributed by atoms with Crippen LogP contribution in [-0.2, 0) is 0 Å². The van der Waals surface area contributed by atoms with Gasteiger partial charge in [-0.25, -0.2) is 4.79 Å². The first-order chi connectivity index (χ1) is 11.2. The number of likely N-dealkylation sites (tertiary alicyclic amines) is 1. The fraction of sp³-hybridized carbons (Fsp3) is 0.588. The summed E-state index contributed by atoms with van der Waals surface area (Å²) in [6, 6.07) is 5.15. The van der Waals surface area contributed by atoms with Gasteiger partial charge in [-0.15, -0.1) is 0 Å². The first-order valence-corrected chi connectivity index (χ1v) is 8.64. The molecule has 1 aliphatic heterocycles. The molecule has 1 aliphatic rings. The maximum Gasteiger partial charge on any atom is 0.322 e. The van der Waals surface area contributed by atoms with E-state index in [0.717, 1.165) is 25.7 Å². The van der Waals surface area contributed by atoms with Crippen LogP contribution in [0.5, 0.6) is 5.75 Å². The average molecular weight is 341 g/mol. The number of aliphatic hydroxyl groups is 1. The number of halogens is 1. The Morgan fingerprint density at radius 2 is 2.30 bits per heavy atom. The number of urea groups is 1. The summed E-state index contributed by atoms with van der Waals surface area (Å²) in [5, 5.41) is 12.7. The van der Waals surface area contributed by atoms with Crippen LogP contribution in [0.3, 0.4) is 0 Å². The molecule has 0 radical (unpaired) electrons. The molecule has 1 fully saturated rings. The first-order valence-electron chi connectivity index (χ1n) is 8.26. The van der Waals surface area contributed by atoms with Crippen molar-refractivity contribution in [2.75, 3.05) is 25.1 Å². The number of aliphatic hydroxyl groups excluding tert-OH is 1. The van der Waals surface area contributed by atoms with Crippen LogP contribution < -0.4 is 10.1 Å². The van der Waals surface area contributed by atoms with Gasteiger partial charge in [-0.3, -0.25) is 0 Å². The van der Waals surface area contributed by atoms with Gasteiger partial charge in [-0.1, -0.05) is 18.5 Å². The molecule has 1 unspecified atom stereocenters. The Bertz CT molecular complexity index is 523. The maximum absolute atomic E-state index is 12.6. The summed E-state index contributed by atoms with van der Waals surface area (Å²) in [5.41, 5.74) is 0.587. The highest BCUT2D eigenvalue weighted by molar-refractivity contribution is 6.31. The Kier molecular flexibility index (Phi) is 6.99. The molecule has 0 aromatic heterocycles. The van der Waals surface area contributed by atoms with Crippen molar-refractivity contribution >= 4 is 23.3 Å². The van der Waals surface area contributed by atoms with E-state index >= 15 is 0 Å². The van der Waals surface area contributed by atoms with Crippen LogP contribution in [0.25, 0.3) is 0 Å². The van der Waals surface area contributed by atoms with Crippen LogP contribution in [-0.4, -0.2) is 41.8 Å². The molecule has 2 N–H and O–H groups in total. The molecule has 6 heteroatoms. The Hall–Kier alpha value is -1.46. The van der Waals surface area contributed by atoms with Gasteiger partial charge in [-0.2, -0.15) is 0 Å².